The number of ether oxygens (including phenoxy) is 1. The number of anilines is 1. The molecule has 1 atom stereocenters. The average molecular weight is 225 g/mol. The van der Waals surface area contributed by atoms with Crippen molar-refractivity contribution in [1.82, 2.24) is 9.97 Å². The second-order valence-corrected chi connectivity index (χ2v) is 3.94. The topological polar surface area (TPSA) is 55.3 Å². The third-order valence-corrected chi connectivity index (χ3v) is 2.53. The molecule has 1 aromatic heterocycles. The van der Waals surface area contributed by atoms with Crippen molar-refractivity contribution in [3.8, 4) is 0 Å². The number of halogens is 1. The Morgan fingerprint density at radius 2 is 2.38 bits per heavy atom. The minimum absolute atomic E-state index is 0.109. The first-order chi connectivity index (χ1) is 7.59. The van der Waals surface area contributed by atoms with Crippen LogP contribution >= 0.6 is 0 Å². The van der Waals surface area contributed by atoms with Gasteiger partial charge in [-0.1, -0.05) is 13.8 Å². The van der Waals surface area contributed by atoms with Crippen LogP contribution in [-0.4, -0.2) is 28.7 Å². The molecule has 2 heterocycles. The van der Waals surface area contributed by atoms with Crippen LogP contribution in [0.15, 0.2) is 12.3 Å². The van der Waals surface area contributed by atoms with E-state index in [4.69, 9.17) is 4.74 Å². The maximum Gasteiger partial charge on any atom is 0.415 e. The van der Waals surface area contributed by atoms with Gasteiger partial charge in [-0.3, -0.25) is 4.90 Å². The third-order valence-electron chi connectivity index (χ3n) is 2.53. The highest BCUT2D eigenvalue weighted by atomic mass is 19.1. The highest BCUT2D eigenvalue weighted by Crippen LogP contribution is 2.24. The number of nitrogens with zero attached hydrogens (tertiary/aromatic N) is 3. The van der Waals surface area contributed by atoms with Crippen molar-refractivity contribution in [1.29, 1.82) is 0 Å². The lowest BCUT2D eigenvalue weighted by atomic mass is 10.0. The van der Waals surface area contributed by atoms with Crippen molar-refractivity contribution in [2.75, 3.05) is 11.5 Å². The van der Waals surface area contributed by atoms with E-state index in [0.29, 0.717) is 6.61 Å². The van der Waals surface area contributed by atoms with Gasteiger partial charge in [0.2, 0.25) is 0 Å². The van der Waals surface area contributed by atoms with Crippen LogP contribution < -0.4 is 4.90 Å². The Kier molecular flexibility index (Phi) is 2.72. The molecule has 0 aromatic carbocycles. The summed E-state index contributed by atoms with van der Waals surface area (Å²) in [4.78, 5) is 19.8. The number of aromatic nitrogens is 2. The van der Waals surface area contributed by atoms with Crippen molar-refractivity contribution in [2.45, 2.75) is 19.9 Å². The molecule has 2 rings (SSSR count). The largest absolute Gasteiger partial charge is 0.447 e. The van der Waals surface area contributed by atoms with Crippen LogP contribution in [0.3, 0.4) is 0 Å². The monoisotopic (exact) mass is 225 g/mol. The summed E-state index contributed by atoms with van der Waals surface area (Å²) in [6, 6.07) is 1.38. The maximum absolute atomic E-state index is 12.9. The van der Waals surface area contributed by atoms with Gasteiger partial charge in [0.15, 0.2) is 0 Å². The van der Waals surface area contributed by atoms with Crippen LogP contribution in [0.2, 0.25) is 0 Å². The minimum atomic E-state index is -0.847. The Morgan fingerprint density at radius 3 is 3.00 bits per heavy atom. The van der Waals surface area contributed by atoms with Gasteiger partial charge >= 0.3 is 12.2 Å². The van der Waals surface area contributed by atoms with Gasteiger partial charge in [0.1, 0.15) is 12.4 Å². The van der Waals surface area contributed by atoms with Crippen LogP contribution in [0.1, 0.15) is 13.8 Å². The van der Waals surface area contributed by atoms with E-state index in [1.165, 1.54) is 17.2 Å². The van der Waals surface area contributed by atoms with E-state index < -0.39 is 12.2 Å². The second-order valence-electron chi connectivity index (χ2n) is 3.94. The van der Waals surface area contributed by atoms with Gasteiger partial charge in [-0.25, -0.2) is 9.78 Å². The maximum atomic E-state index is 12.9. The summed E-state index contributed by atoms with van der Waals surface area (Å²) in [5, 5.41) is 0. The van der Waals surface area contributed by atoms with Gasteiger partial charge in [0, 0.05) is 6.20 Å². The lowest BCUT2D eigenvalue weighted by Crippen LogP contribution is -2.37. The van der Waals surface area contributed by atoms with Crippen LogP contribution in [0.25, 0.3) is 0 Å². The number of carbonyl (C=O) groups excluding carboxylic acids is 1. The molecule has 6 heteroatoms. The lowest BCUT2D eigenvalue weighted by Gasteiger charge is -2.22. The molecule has 5 nitrogen and oxygen atoms in total. The molecule has 1 aromatic rings. The molecule has 0 saturated carbocycles. The molecule has 86 valence electrons. The number of rotatable bonds is 2. The molecule has 1 saturated heterocycles. The molecule has 0 unspecified atom stereocenters. The summed E-state index contributed by atoms with van der Waals surface area (Å²) < 4.78 is 17.8. The fourth-order valence-corrected chi connectivity index (χ4v) is 1.65. The van der Waals surface area contributed by atoms with Crippen molar-refractivity contribution in [2.24, 2.45) is 5.92 Å². The van der Waals surface area contributed by atoms with Crippen LogP contribution in [0.4, 0.5) is 15.0 Å². The molecule has 1 fully saturated rings. The zero-order valence-electron chi connectivity index (χ0n) is 9.05. The molecule has 0 aliphatic carbocycles. The highest BCUT2D eigenvalue weighted by Gasteiger charge is 2.37. The second kappa shape index (κ2) is 4.03. The van der Waals surface area contributed by atoms with Gasteiger partial charge < -0.3 is 4.74 Å². The molecule has 1 aliphatic heterocycles. The van der Waals surface area contributed by atoms with Crippen LogP contribution in [0, 0.1) is 12.0 Å². The van der Waals surface area contributed by atoms with E-state index >= 15 is 0 Å². The Bertz CT molecular complexity index is 411. The number of carbonyl (C=O) groups is 1. The van der Waals surface area contributed by atoms with E-state index in [2.05, 4.69) is 9.97 Å². The van der Waals surface area contributed by atoms with Crippen molar-refractivity contribution >= 4 is 11.9 Å². The summed E-state index contributed by atoms with van der Waals surface area (Å²) in [7, 11) is 0. The van der Waals surface area contributed by atoms with Crippen molar-refractivity contribution < 1.29 is 13.9 Å². The summed E-state index contributed by atoms with van der Waals surface area (Å²) >= 11 is 0. The first-order valence-corrected chi connectivity index (χ1v) is 5.04. The fraction of sp³-hybridized carbons (Fsp3) is 0.500. The fourth-order valence-electron chi connectivity index (χ4n) is 1.65. The molecule has 16 heavy (non-hydrogen) atoms. The smallest absolute Gasteiger partial charge is 0.415 e. The molecule has 0 N–H and O–H groups in total. The number of hydrogen-bond acceptors (Lipinski definition) is 4. The molecular weight excluding hydrogens is 213 g/mol. The van der Waals surface area contributed by atoms with Gasteiger partial charge in [0.25, 0.3) is 0 Å². The average Bonchev–Trinajstić information content (AvgIpc) is 2.60. The molecule has 1 amide bonds. The Balaban J connectivity index is 2.33. The van der Waals surface area contributed by atoms with E-state index in [1.54, 1.807) is 0 Å². The summed E-state index contributed by atoms with van der Waals surface area (Å²) in [6.07, 6.45) is -0.0581. The molecular formula is C10H12FN3O2. The molecule has 0 bridgehead atoms. The van der Waals surface area contributed by atoms with E-state index in [0.717, 1.165) is 0 Å². The summed E-state index contributed by atoms with van der Waals surface area (Å²) in [5.74, 6) is 0.457. The standard InChI is InChI=1S/C10H12FN3O2/c1-6(2)7-5-16-10(15)14(7)8-3-4-12-9(11)13-8/h3-4,6-7H,5H2,1-2H3/t7-/m1/s1. The summed E-state index contributed by atoms with van der Waals surface area (Å²) in [5.41, 5.74) is 0. The van der Waals surface area contributed by atoms with Crippen molar-refractivity contribution in [3.63, 3.8) is 0 Å². The van der Waals surface area contributed by atoms with Crippen molar-refractivity contribution in [3.05, 3.63) is 18.3 Å². The quantitative estimate of drug-likeness (QED) is 0.717. The Morgan fingerprint density at radius 1 is 1.62 bits per heavy atom. The van der Waals surface area contributed by atoms with E-state index in [9.17, 15) is 9.18 Å². The van der Waals surface area contributed by atoms with Gasteiger partial charge in [-0.05, 0) is 12.0 Å². The SMILES string of the molecule is CC(C)[C@H]1COC(=O)N1c1ccnc(F)n1. The van der Waals surface area contributed by atoms with Gasteiger partial charge in [-0.2, -0.15) is 9.37 Å². The number of amides is 1. The highest BCUT2D eigenvalue weighted by molar-refractivity contribution is 5.89. The molecule has 1 aliphatic rings. The van der Waals surface area contributed by atoms with E-state index in [-0.39, 0.29) is 17.8 Å². The lowest BCUT2D eigenvalue weighted by molar-refractivity contribution is 0.177. The minimum Gasteiger partial charge on any atom is -0.447 e. The third kappa shape index (κ3) is 1.82. The van der Waals surface area contributed by atoms with Crippen LogP contribution in [0.5, 0.6) is 0 Å². The number of hydrogen-bond donors (Lipinski definition) is 0. The normalized spacial score (nSPS) is 20.4. The zero-order chi connectivity index (χ0) is 11.7. The zero-order valence-corrected chi connectivity index (χ0v) is 9.05. The van der Waals surface area contributed by atoms with Gasteiger partial charge in [-0.15, -0.1) is 0 Å². The molecule has 0 spiro atoms. The Labute approximate surface area is 92.3 Å². The predicted octanol–water partition coefficient (Wildman–Crippen LogP) is 1.60. The van der Waals surface area contributed by atoms with E-state index in [1.807, 2.05) is 13.8 Å². The first-order valence-electron chi connectivity index (χ1n) is 5.04. The molecule has 0 radical (unpaired) electrons. The Hall–Kier alpha value is -1.72. The van der Waals surface area contributed by atoms with Gasteiger partial charge in [0.05, 0.1) is 6.04 Å². The number of cyclic esters (lactones) is 1. The predicted molar refractivity (Wildman–Crippen MR) is 54.4 cm³/mol. The van der Waals surface area contributed by atoms with Crippen LogP contribution in [-0.2, 0) is 4.74 Å². The first kappa shape index (κ1) is 10.8. The summed E-state index contributed by atoms with van der Waals surface area (Å²) in [6.45, 7) is 4.25.